The summed E-state index contributed by atoms with van der Waals surface area (Å²) >= 11 is 3.35. The maximum absolute atomic E-state index is 12.7. The summed E-state index contributed by atoms with van der Waals surface area (Å²) in [6.45, 7) is -2.88. The van der Waals surface area contributed by atoms with Gasteiger partial charge in [-0.3, -0.25) is 4.79 Å². The summed E-state index contributed by atoms with van der Waals surface area (Å²) in [5, 5.41) is 3.00. The lowest BCUT2D eigenvalue weighted by Crippen LogP contribution is -2.29. The molecule has 0 bridgehead atoms. The fraction of sp³-hybridized carbons (Fsp3) is 0.0952. The molecular weight excluding hydrogens is 416 g/mol. The summed E-state index contributed by atoms with van der Waals surface area (Å²) < 4.78 is 30.0. The van der Waals surface area contributed by atoms with Gasteiger partial charge in [-0.25, -0.2) is 0 Å². The lowest BCUT2D eigenvalue weighted by Gasteiger charge is -2.20. The van der Waals surface area contributed by atoms with E-state index < -0.39 is 12.7 Å². The van der Waals surface area contributed by atoms with E-state index in [1.807, 2.05) is 30.3 Å². The van der Waals surface area contributed by atoms with Gasteiger partial charge < -0.3 is 10.1 Å². The van der Waals surface area contributed by atoms with E-state index in [1.54, 1.807) is 36.4 Å². The molecule has 0 aliphatic rings. The van der Waals surface area contributed by atoms with Gasteiger partial charge in [0.2, 0.25) is 0 Å². The Kier molecular flexibility index (Phi) is 6.19. The maximum atomic E-state index is 12.7. The number of nitrogens with one attached hydrogen (secondary N) is 1. The molecule has 1 amide bonds. The van der Waals surface area contributed by atoms with Crippen molar-refractivity contribution in [3.63, 3.8) is 0 Å². The molecule has 3 aromatic carbocycles. The van der Waals surface area contributed by atoms with Crippen molar-refractivity contribution in [3.05, 3.63) is 100 Å². The molecule has 0 saturated carbocycles. The number of ether oxygens (including phenoxy) is 1. The molecule has 1 N–H and O–H groups in total. The highest BCUT2D eigenvalue weighted by Crippen LogP contribution is 2.25. The maximum Gasteiger partial charge on any atom is 0.387 e. The Balaban J connectivity index is 1.87. The van der Waals surface area contributed by atoms with E-state index in [1.165, 1.54) is 12.1 Å². The Morgan fingerprint density at radius 3 is 2.04 bits per heavy atom. The topological polar surface area (TPSA) is 38.3 Å². The van der Waals surface area contributed by atoms with Crippen molar-refractivity contribution in [1.82, 2.24) is 5.32 Å². The number of carbonyl (C=O) groups is 1. The van der Waals surface area contributed by atoms with Gasteiger partial charge in [0.1, 0.15) is 5.75 Å². The molecule has 3 aromatic rings. The number of amides is 1. The van der Waals surface area contributed by atoms with Crippen LogP contribution in [-0.4, -0.2) is 12.5 Å². The van der Waals surface area contributed by atoms with Gasteiger partial charge in [0.15, 0.2) is 0 Å². The molecule has 0 heterocycles. The third kappa shape index (κ3) is 5.14. The first kappa shape index (κ1) is 19.0. The minimum absolute atomic E-state index is 0.0693. The molecule has 1 unspecified atom stereocenters. The van der Waals surface area contributed by atoms with Crippen molar-refractivity contribution in [1.29, 1.82) is 0 Å². The highest BCUT2D eigenvalue weighted by atomic mass is 79.9. The van der Waals surface area contributed by atoms with Crippen LogP contribution in [0, 0.1) is 0 Å². The molecule has 0 fully saturated rings. The molecule has 27 heavy (non-hydrogen) atoms. The van der Waals surface area contributed by atoms with Crippen LogP contribution in [0.3, 0.4) is 0 Å². The van der Waals surface area contributed by atoms with Gasteiger partial charge >= 0.3 is 6.61 Å². The zero-order valence-corrected chi connectivity index (χ0v) is 15.7. The van der Waals surface area contributed by atoms with Crippen LogP contribution in [0.4, 0.5) is 8.78 Å². The number of carbonyl (C=O) groups excluding carboxylic acids is 1. The summed E-state index contributed by atoms with van der Waals surface area (Å²) in [5.41, 5.74) is 2.16. The minimum atomic E-state index is -2.88. The molecule has 0 aliphatic heterocycles. The molecule has 3 nitrogen and oxygen atoms in total. The summed E-state index contributed by atoms with van der Waals surface area (Å²) in [6.07, 6.45) is 0. The Labute approximate surface area is 164 Å². The molecule has 6 heteroatoms. The number of hydrogen-bond donors (Lipinski definition) is 1. The zero-order valence-electron chi connectivity index (χ0n) is 14.1. The second-order valence-electron chi connectivity index (χ2n) is 5.77. The predicted molar refractivity (Wildman–Crippen MR) is 103 cm³/mol. The predicted octanol–water partition coefficient (Wildman–Crippen LogP) is 5.57. The number of halogens is 3. The standard InChI is InChI=1S/C21H16BrF2NO2/c22-17-10-6-16(7-11-17)20(26)25-19(14-4-2-1-3-5-14)15-8-12-18(13-9-15)27-21(23)24/h1-13,19,21H,(H,25,26). The van der Waals surface area contributed by atoms with E-state index >= 15 is 0 Å². The van der Waals surface area contributed by atoms with Gasteiger partial charge in [0.05, 0.1) is 6.04 Å². The van der Waals surface area contributed by atoms with E-state index in [2.05, 4.69) is 26.0 Å². The van der Waals surface area contributed by atoms with Crippen LogP contribution >= 0.6 is 15.9 Å². The molecule has 3 rings (SSSR count). The second kappa shape index (κ2) is 8.77. The number of benzene rings is 3. The third-order valence-electron chi connectivity index (χ3n) is 3.95. The fourth-order valence-electron chi connectivity index (χ4n) is 2.66. The van der Waals surface area contributed by atoms with Gasteiger partial charge in [0.25, 0.3) is 5.91 Å². The van der Waals surface area contributed by atoms with E-state index in [0.717, 1.165) is 15.6 Å². The largest absolute Gasteiger partial charge is 0.435 e. The first-order valence-corrected chi connectivity index (χ1v) is 8.98. The minimum Gasteiger partial charge on any atom is -0.435 e. The Bertz CT molecular complexity index is 884. The highest BCUT2D eigenvalue weighted by molar-refractivity contribution is 9.10. The van der Waals surface area contributed by atoms with Crippen molar-refractivity contribution < 1.29 is 18.3 Å². The summed E-state index contributed by atoms with van der Waals surface area (Å²) in [7, 11) is 0. The van der Waals surface area contributed by atoms with Gasteiger partial charge in [-0.05, 0) is 47.5 Å². The molecule has 138 valence electrons. The normalized spacial score (nSPS) is 11.9. The van der Waals surface area contributed by atoms with Crippen LogP contribution in [0.2, 0.25) is 0 Å². The lowest BCUT2D eigenvalue weighted by molar-refractivity contribution is -0.0498. The first-order valence-electron chi connectivity index (χ1n) is 8.19. The molecule has 0 radical (unpaired) electrons. The number of alkyl halides is 2. The van der Waals surface area contributed by atoms with Crippen LogP contribution < -0.4 is 10.1 Å². The Morgan fingerprint density at radius 2 is 1.44 bits per heavy atom. The molecule has 0 aliphatic carbocycles. The quantitative estimate of drug-likeness (QED) is 0.553. The van der Waals surface area contributed by atoms with Gasteiger partial charge in [0, 0.05) is 10.0 Å². The summed E-state index contributed by atoms with van der Waals surface area (Å²) in [4.78, 5) is 12.7. The Hall–Kier alpha value is -2.73. The SMILES string of the molecule is O=C(NC(c1ccccc1)c1ccc(OC(F)F)cc1)c1ccc(Br)cc1. The van der Waals surface area contributed by atoms with Crippen molar-refractivity contribution in [3.8, 4) is 5.75 Å². The number of rotatable bonds is 6. The van der Waals surface area contributed by atoms with E-state index in [4.69, 9.17) is 0 Å². The van der Waals surface area contributed by atoms with Crippen molar-refractivity contribution >= 4 is 21.8 Å². The van der Waals surface area contributed by atoms with Gasteiger partial charge in [-0.2, -0.15) is 8.78 Å². The molecule has 0 spiro atoms. The van der Waals surface area contributed by atoms with Crippen LogP contribution in [0.1, 0.15) is 27.5 Å². The molecule has 0 saturated heterocycles. The second-order valence-corrected chi connectivity index (χ2v) is 6.69. The first-order chi connectivity index (χ1) is 13.0. The van der Waals surface area contributed by atoms with Crippen molar-refractivity contribution in [2.75, 3.05) is 0 Å². The average molecular weight is 432 g/mol. The van der Waals surface area contributed by atoms with Crippen molar-refractivity contribution in [2.45, 2.75) is 12.7 Å². The third-order valence-corrected chi connectivity index (χ3v) is 4.48. The number of hydrogen-bond acceptors (Lipinski definition) is 2. The van der Waals surface area contributed by atoms with Crippen LogP contribution in [0.25, 0.3) is 0 Å². The van der Waals surface area contributed by atoms with E-state index in [0.29, 0.717) is 5.56 Å². The average Bonchev–Trinajstić information content (AvgIpc) is 2.67. The lowest BCUT2D eigenvalue weighted by atomic mass is 9.98. The molecule has 0 aromatic heterocycles. The van der Waals surface area contributed by atoms with Crippen LogP contribution in [-0.2, 0) is 0 Å². The Morgan fingerprint density at radius 1 is 0.852 bits per heavy atom. The highest BCUT2D eigenvalue weighted by Gasteiger charge is 2.18. The summed E-state index contributed by atoms with van der Waals surface area (Å²) in [6, 6.07) is 22.3. The fourth-order valence-corrected chi connectivity index (χ4v) is 2.93. The summed E-state index contributed by atoms with van der Waals surface area (Å²) in [5.74, 6) is -0.163. The zero-order chi connectivity index (χ0) is 19.2. The van der Waals surface area contributed by atoms with Crippen LogP contribution in [0.5, 0.6) is 5.75 Å². The van der Waals surface area contributed by atoms with Gasteiger partial charge in [-0.15, -0.1) is 0 Å². The van der Waals surface area contributed by atoms with Gasteiger partial charge in [-0.1, -0.05) is 58.4 Å². The van der Waals surface area contributed by atoms with Crippen molar-refractivity contribution in [2.24, 2.45) is 0 Å². The van der Waals surface area contributed by atoms with E-state index in [9.17, 15) is 13.6 Å². The molecule has 1 atom stereocenters. The monoisotopic (exact) mass is 431 g/mol. The van der Waals surface area contributed by atoms with Crippen LogP contribution in [0.15, 0.2) is 83.3 Å². The van der Waals surface area contributed by atoms with E-state index in [-0.39, 0.29) is 11.7 Å². The molecular formula is C21H16BrF2NO2. The smallest absolute Gasteiger partial charge is 0.387 e.